The predicted molar refractivity (Wildman–Crippen MR) is 56.4 cm³/mol. The van der Waals surface area contributed by atoms with Gasteiger partial charge < -0.3 is 9.47 Å². The van der Waals surface area contributed by atoms with Crippen molar-refractivity contribution in [3.05, 3.63) is 29.3 Å². The number of halogens is 3. The smallest absolute Gasteiger partial charge is 0.167 e. The number of hydrogen-bond acceptors (Lipinski definition) is 2. The standard InChI is InChI=1S/C10H11BrF2O2/c1-14-2-3-15-10-4-7(6-11)8(12)5-9(10)13/h4-5H,2-3,6H2,1H3. The van der Waals surface area contributed by atoms with E-state index in [2.05, 4.69) is 15.9 Å². The highest BCUT2D eigenvalue weighted by Crippen LogP contribution is 2.23. The van der Waals surface area contributed by atoms with E-state index in [1.54, 1.807) is 0 Å². The molecule has 0 atom stereocenters. The van der Waals surface area contributed by atoms with Crippen molar-refractivity contribution in [2.24, 2.45) is 0 Å². The first-order chi connectivity index (χ1) is 7.19. The summed E-state index contributed by atoms with van der Waals surface area (Å²) in [5.74, 6) is -1.24. The summed E-state index contributed by atoms with van der Waals surface area (Å²) >= 11 is 3.11. The second kappa shape index (κ2) is 6.02. The molecule has 84 valence electrons. The molecule has 0 amide bonds. The number of alkyl halides is 1. The Labute approximate surface area is 95.3 Å². The quantitative estimate of drug-likeness (QED) is 0.610. The molecule has 1 aromatic rings. The predicted octanol–water partition coefficient (Wildman–Crippen LogP) is 2.88. The molecule has 1 rings (SSSR count). The number of hydrogen-bond donors (Lipinski definition) is 0. The number of rotatable bonds is 5. The van der Waals surface area contributed by atoms with Gasteiger partial charge in [0.2, 0.25) is 0 Å². The van der Waals surface area contributed by atoms with Crippen molar-refractivity contribution in [3.63, 3.8) is 0 Å². The Morgan fingerprint density at radius 2 is 1.93 bits per heavy atom. The molecule has 0 aromatic heterocycles. The fraction of sp³-hybridized carbons (Fsp3) is 0.400. The van der Waals surface area contributed by atoms with Gasteiger partial charge in [-0.15, -0.1) is 0 Å². The maximum Gasteiger partial charge on any atom is 0.167 e. The molecule has 2 nitrogen and oxygen atoms in total. The zero-order chi connectivity index (χ0) is 11.3. The lowest BCUT2D eigenvalue weighted by molar-refractivity contribution is 0.143. The van der Waals surface area contributed by atoms with Crippen LogP contribution in [0.25, 0.3) is 0 Å². The highest BCUT2D eigenvalue weighted by Gasteiger charge is 2.09. The molecule has 0 aliphatic carbocycles. The van der Waals surface area contributed by atoms with Crippen LogP contribution in [0.3, 0.4) is 0 Å². The third kappa shape index (κ3) is 3.43. The first kappa shape index (κ1) is 12.4. The minimum Gasteiger partial charge on any atom is -0.488 e. The van der Waals surface area contributed by atoms with Gasteiger partial charge in [0.15, 0.2) is 11.6 Å². The molecule has 15 heavy (non-hydrogen) atoms. The van der Waals surface area contributed by atoms with E-state index < -0.39 is 11.6 Å². The highest BCUT2D eigenvalue weighted by molar-refractivity contribution is 9.08. The summed E-state index contributed by atoms with van der Waals surface area (Å²) in [6.45, 7) is 0.598. The molecule has 0 saturated carbocycles. The summed E-state index contributed by atoms with van der Waals surface area (Å²) in [6.07, 6.45) is 0. The topological polar surface area (TPSA) is 18.5 Å². The number of benzene rings is 1. The zero-order valence-corrected chi connectivity index (χ0v) is 9.81. The lowest BCUT2D eigenvalue weighted by Crippen LogP contribution is -2.06. The van der Waals surface area contributed by atoms with Crippen LogP contribution in [0.1, 0.15) is 5.56 Å². The van der Waals surface area contributed by atoms with Crippen LogP contribution in [-0.4, -0.2) is 20.3 Å². The Bertz CT molecular complexity index is 331. The van der Waals surface area contributed by atoms with Crippen LogP contribution >= 0.6 is 15.9 Å². The molecule has 0 radical (unpaired) electrons. The zero-order valence-electron chi connectivity index (χ0n) is 8.23. The van der Waals surface area contributed by atoms with Crippen molar-refractivity contribution in [2.75, 3.05) is 20.3 Å². The molecular weight excluding hydrogens is 270 g/mol. The maximum atomic E-state index is 13.2. The molecule has 5 heteroatoms. The van der Waals surface area contributed by atoms with Crippen molar-refractivity contribution >= 4 is 15.9 Å². The van der Waals surface area contributed by atoms with E-state index in [-0.39, 0.29) is 12.4 Å². The lowest BCUT2D eigenvalue weighted by atomic mass is 10.2. The maximum absolute atomic E-state index is 13.2. The Balaban J connectivity index is 2.78. The van der Waals surface area contributed by atoms with Gasteiger partial charge in [-0.25, -0.2) is 8.78 Å². The minimum atomic E-state index is -0.701. The molecular formula is C10H11BrF2O2. The Morgan fingerprint density at radius 1 is 1.20 bits per heavy atom. The van der Waals surface area contributed by atoms with Crippen LogP contribution in [0.4, 0.5) is 8.78 Å². The molecule has 0 N–H and O–H groups in total. The van der Waals surface area contributed by atoms with Gasteiger partial charge >= 0.3 is 0 Å². The largest absolute Gasteiger partial charge is 0.488 e. The van der Waals surface area contributed by atoms with Crippen molar-refractivity contribution in [3.8, 4) is 5.75 Å². The van der Waals surface area contributed by atoms with Gasteiger partial charge in [0, 0.05) is 24.1 Å². The summed E-state index contributed by atoms with van der Waals surface area (Å²) in [7, 11) is 1.52. The molecule has 0 saturated heterocycles. The van der Waals surface area contributed by atoms with Gasteiger partial charge in [-0.2, -0.15) is 0 Å². The van der Waals surface area contributed by atoms with Crippen LogP contribution in [0.15, 0.2) is 12.1 Å². The van der Waals surface area contributed by atoms with Gasteiger partial charge in [-0.3, -0.25) is 0 Å². The summed E-state index contributed by atoms with van der Waals surface area (Å²) in [4.78, 5) is 0. The summed E-state index contributed by atoms with van der Waals surface area (Å²) < 4.78 is 36.1. The Hall–Kier alpha value is -0.680. The molecule has 1 aromatic carbocycles. The summed E-state index contributed by atoms with van der Waals surface area (Å²) in [5, 5.41) is 0.319. The van der Waals surface area contributed by atoms with E-state index in [1.165, 1.54) is 13.2 Å². The number of ether oxygens (including phenoxy) is 2. The van der Waals surface area contributed by atoms with Gasteiger partial charge in [0.1, 0.15) is 12.4 Å². The molecule has 0 fully saturated rings. The van der Waals surface area contributed by atoms with Crippen molar-refractivity contribution in [1.82, 2.24) is 0 Å². The van der Waals surface area contributed by atoms with Crippen molar-refractivity contribution in [1.29, 1.82) is 0 Å². The lowest BCUT2D eigenvalue weighted by Gasteiger charge is -2.08. The van der Waals surface area contributed by atoms with Crippen LogP contribution in [0, 0.1) is 11.6 Å². The van der Waals surface area contributed by atoms with Crippen LogP contribution < -0.4 is 4.74 Å². The van der Waals surface area contributed by atoms with E-state index in [1.807, 2.05) is 0 Å². The molecule has 0 heterocycles. The van der Waals surface area contributed by atoms with E-state index in [4.69, 9.17) is 9.47 Å². The van der Waals surface area contributed by atoms with E-state index in [0.29, 0.717) is 17.5 Å². The first-order valence-electron chi connectivity index (χ1n) is 4.34. The van der Waals surface area contributed by atoms with Crippen molar-refractivity contribution in [2.45, 2.75) is 5.33 Å². The third-order valence-corrected chi connectivity index (χ3v) is 2.39. The fourth-order valence-corrected chi connectivity index (χ4v) is 1.45. The average Bonchev–Trinajstić information content (AvgIpc) is 2.21. The molecule has 0 unspecified atom stereocenters. The molecule has 0 aliphatic heterocycles. The fourth-order valence-electron chi connectivity index (χ4n) is 1.02. The third-order valence-electron chi connectivity index (χ3n) is 1.79. The Kier molecular flexibility index (Phi) is 4.98. The van der Waals surface area contributed by atoms with Crippen LogP contribution in [0.2, 0.25) is 0 Å². The average molecular weight is 281 g/mol. The van der Waals surface area contributed by atoms with Gasteiger partial charge in [0.05, 0.1) is 6.61 Å². The molecule has 0 bridgehead atoms. The van der Waals surface area contributed by atoms with Crippen molar-refractivity contribution < 1.29 is 18.3 Å². The van der Waals surface area contributed by atoms with E-state index >= 15 is 0 Å². The second-order valence-electron chi connectivity index (χ2n) is 2.85. The monoisotopic (exact) mass is 280 g/mol. The summed E-state index contributed by atoms with van der Waals surface area (Å²) in [5.41, 5.74) is 0.365. The van der Waals surface area contributed by atoms with Crippen LogP contribution in [-0.2, 0) is 10.1 Å². The van der Waals surface area contributed by atoms with Gasteiger partial charge in [0.25, 0.3) is 0 Å². The Morgan fingerprint density at radius 3 is 2.53 bits per heavy atom. The van der Waals surface area contributed by atoms with E-state index in [0.717, 1.165) is 6.07 Å². The number of methoxy groups -OCH3 is 1. The van der Waals surface area contributed by atoms with E-state index in [9.17, 15) is 8.78 Å². The molecule has 0 aliphatic rings. The summed E-state index contributed by atoms with van der Waals surface area (Å²) in [6, 6.07) is 2.16. The van der Waals surface area contributed by atoms with Gasteiger partial charge in [-0.05, 0) is 6.07 Å². The second-order valence-corrected chi connectivity index (χ2v) is 3.41. The SMILES string of the molecule is COCCOc1cc(CBr)c(F)cc1F. The van der Waals surface area contributed by atoms with Crippen LogP contribution in [0.5, 0.6) is 5.75 Å². The van der Waals surface area contributed by atoms with Gasteiger partial charge in [-0.1, -0.05) is 15.9 Å². The molecule has 0 spiro atoms. The highest BCUT2D eigenvalue weighted by atomic mass is 79.9. The minimum absolute atomic E-state index is 0.0444. The first-order valence-corrected chi connectivity index (χ1v) is 5.46. The normalized spacial score (nSPS) is 10.4.